The molecule has 9 nitrogen and oxygen atoms in total. The fraction of sp³-hybridized carbons (Fsp3) is 0.400. The molecule has 0 radical (unpaired) electrons. The smallest absolute Gasteiger partial charge is 0.387 e. The first kappa shape index (κ1) is 32.1. The number of anilines is 1. The Hall–Kier alpha value is -3.35. The number of sulfonamides is 1. The second-order valence-electron chi connectivity index (χ2n) is 10.8. The number of halogens is 4. The molecule has 14 heteroatoms. The summed E-state index contributed by atoms with van der Waals surface area (Å²) >= 11 is 13.0. The molecule has 44 heavy (non-hydrogen) atoms. The predicted octanol–water partition coefficient (Wildman–Crippen LogP) is 6.93. The van der Waals surface area contributed by atoms with Crippen LogP contribution in [0.4, 0.5) is 14.5 Å². The van der Waals surface area contributed by atoms with E-state index in [0.29, 0.717) is 36.2 Å². The minimum absolute atomic E-state index is 0.0646. The van der Waals surface area contributed by atoms with E-state index in [-0.39, 0.29) is 45.2 Å². The van der Waals surface area contributed by atoms with Crippen molar-refractivity contribution in [3.8, 4) is 17.2 Å². The lowest BCUT2D eigenvalue weighted by atomic mass is 9.92. The third-order valence-electron chi connectivity index (χ3n) is 7.06. The van der Waals surface area contributed by atoms with Gasteiger partial charge in [0.1, 0.15) is 12.4 Å². The van der Waals surface area contributed by atoms with Crippen LogP contribution in [0.15, 0.2) is 48.8 Å². The predicted molar refractivity (Wildman–Crippen MR) is 161 cm³/mol. The quantitative estimate of drug-likeness (QED) is 0.173. The highest BCUT2D eigenvalue weighted by molar-refractivity contribution is 7.92. The van der Waals surface area contributed by atoms with Crippen molar-refractivity contribution < 1.29 is 40.9 Å². The number of alkyl halides is 2. The number of nitrogens with one attached hydrogen (secondary N) is 1. The lowest BCUT2D eigenvalue weighted by Gasteiger charge is -2.22. The van der Waals surface area contributed by atoms with Crippen molar-refractivity contribution in [1.29, 1.82) is 0 Å². The van der Waals surface area contributed by atoms with Crippen LogP contribution in [-0.2, 0) is 14.8 Å². The van der Waals surface area contributed by atoms with Crippen molar-refractivity contribution in [2.24, 2.45) is 11.8 Å². The van der Waals surface area contributed by atoms with Crippen LogP contribution in [-0.4, -0.2) is 52.1 Å². The highest BCUT2D eigenvalue weighted by Crippen LogP contribution is 2.40. The second kappa shape index (κ2) is 13.7. The fourth-order valence-corrected chi connectivity index (χ4v) is 5.62. The molecule has 0 amide bonds. The molecule has 1 heterocycles. The molecule has 1 unspecified atom stereocenters. The standard InChI is InChI=1S/C30H30Cl2F2N2O7S/c1-44(38,39)36-24-10-20(7-8-25(24)40-14-17-2-3-17)29(37)42-16-21(28-22(31)12-35-13-23(28)32)19-6-9-26(43-30(33)34)27(11-19)41-15-18-4-5-18/h6-13,17-18,21,30,36H,2-5,14-16H2,1H3. The number of ether oxygens (including phenoxy) is 4. The molecule has 3 aromatic rings. The Balaban J connectivity index is 1.42. The van der Waals surface area contributed by atoms with Gasteiger partial charge in [0.25, 0.3) is 0 Å². The summed E-state index contributed by atoms with van der Waals surface area (Å²) in [6.07, 6.45) is 7.83. The maximum Gasteiger partial charge on any atom is 0.387 e. The first-order valence-electron chi connectivity index (χ1n) is 13.9. The van der Waals surface area contributed by atoms with Crippen molar-refractivity contribution in [2.45, 2.75) is 38.2 Å². The summed E-state index contributed by atoms with van der Waals surface area (Å²) in [5.41, 5.74) is 1.07. The maximum atomic E-state index is 13.3. The van der Waals surface area contributed by atoms with Crippen LogP contribution in [0.3, 0.4) is 0 Å². The van der Waals surface area contributed by atoms with E-state index in [0.717, 1.165) is 31.9 Å². The largest absolute Gasteiger partial charge is 0.491 e. The molecule has 1 aromatic heterocycles. The van der Waals surface area contributed by atoms with Crippen LogP contribution >= 0.6 is 23.2 Å². The average molecular weight is 672 g/mol. The third-order valence-corrected chi connectivity index (χ3v) is 8.25. The van der Waals surface area contributed by atoms with Crippen LogP contribution in [0.1, 0.15) is 53.1 Å². The monoisotopic (exact) mass is 670 g/mol. The average Bonchev–Trinajstić information content (AvgIpc) is 3.88. The summed E-state index contributed by atoms with van der Waals surface area (Å²) in [5.74, 6) is -0.508. The first-order chi connectivity index (χ1) is 21.0. The molecule has 0 aliphatic heterocycles. The van der Waals surface area contributed by atoms with Gasteiger partial charge in [-0.2, -0.15) is 8.78 Å². The molecule has 1 atom stereocenters. The summed E-state index contributed by atoms with van der Waals surface area (Å²) in [5, 5.41) is 0.396. The molecular formula is C30H30Cl2F2N2O7S. The summed E-state index contributed by atoms with van der Waals surface area (Å²) in [6, 6.07) is 8.74. The normalized spacial score (nSPS) is 15.5. The molecule has 1 N–H and O–H groups in total. The van der Waals surface area contributed by atoms with Crippen molar-refractivity contribution >= 4 is 44.9 Å². The Morgan fingerprint density at radius 2 is 1.57 bits per heavy atom. The number of hydrogen-bond acceptors (Lipinski definition) is 8. The van der Waals surface area contributed by atoms with Crippen molar-refractivity contribution in [3.63, 3.8) is 0 Å². The lowest BCUT2D eigenvalue weighted by Crippen LogP contribution is -2.17. The van der Waals surface area contributed by atoms with E-state index in [1.165, 1.54) is 48.8 Å². The van der Waals surface area contributed by atoms with Gasteiger partial charge in [-0.25, -0.2) is 13.2 Å². The minimum Gasteiger partial charge on any atom is -0.491 e. The van der Waals surface area contributed by atoms with Crippen molar-refractivity contribution in [3.05, 3.63) is 75.5 Å². The highest BCUT2D eigenvalue weighted by atomic mass is 35.5. The van der Waals surface area contributed by atoms with Gasteiger partial charge in [-0.15, -0.1) is 0 Å². The fourth-order valence-electron chi connectivity index (χ4n) is 4.44. The van der Waals surface area contributed by atoms with E-state index in [1.54, 1.807) is 0 Å². The third kappa shape index (κ3) is 8.86. The SMILES string of the molecule is CS(=O)(=O)Nc1cc(C(=O)OCC(c2ccc(OC(F)F)c(OCC3CC3)c2)c2c(Cl)cncc2Cl)ccc1OCC1CC1. The lowest BCUT2D eigenvalue weighted by molar-refractivity contribution is -0.0515. The molecule has 0 saturated heterocycles. The van der Waals surface area contributed by atoms with Gasteiger partial charge in [-0.05, 0) is 73.4 Å². The highest BCUT2D eigenvalue weighted by Gasteiger charge is 2.27. The Labute approximate surface area is 263 Å². The van der Waals surface area contributed by atoms with Crippen LogP contribution in [0, 0.1) is 11.8 Å². The molecular weight excluding hydrogens is 641 g/mol. The molecule has 5 rings (SSSR count). The number of nitrogens with zero attached hydrogens (tertiary/aromatic N) is 1. The van der Waals surface area contributed by atoms with Gasteiger partial charge in [0, 0.05) is 23.9 Å². The van der Waals surface area contributed by atoms with E-state index in [4.69, 9.17) is 37.4 Å². The number of rotatable bonds is 15. The zero-order valence-electron chi connectivity index (χ0n) is 23.6. The molecule has 2 aliphatic rings. The topological polar surface area (TPSA) is 113 Å². The van der Waals surface area contributed by atoms with E-state index in [1.807, 2.05) is 0 Å². The zero-order valence-corrected chi connectivity index (χ0v) is 25.9. The summed E-state index contributed by atoms with van der Waals surface area (Å²) in [7, 11) is -3.68. The van der Waals surface area contributed by atoms with E-state index in [2.05, 4.69) is 14.4 Å². The summed E-state index contributed by atoms with van der Waals surface area (Å²) < 4.78 is 74.6. The van der Waals surface area contributed by atoms with Crippen molar-refractivity contribution in [2.75, 3.05) is 30.8 Å². The molecule has 236 valence electrons. The van der Waals surface area contributed by atoms with Gasteiger partial charge in [0.05, 0.1) is 40.8 Å². The maximum absolute atomic E-state index is 13.3. The van der Waals surface area contributed by atoms with E-state index < -0.39 is 28.5 Å². The second-order valence-corrected chi connectivity index (χ2v) is 13.4. The van der Waals surface area contributed by atoms with Gasteiger partial charge in [0.2, 0.25) is 10.0 Å². The Morgan fingerprint density at radius 3 is 2.16 bits per heavy atom. The van der Waals surface area contributed by atoms with Crippen LogP contribution in [0.5, 0.6) is 17.2 Å². The van der Waals surface area contributed by atoms with E-state index in [9.17, 15) is 22.0 Å². The van der Waals surface area contributed by atoms with Gasteiger partial charge >= 0.3 is 12.6 Å². The van der Waals surface area contributed by atoms with E-state index >= 15 is 0 Å². The van der Waals surface area contributed by atoms with Crippen molar-refractivity contribution in [1.82, 2.24) is 4.98 Å². The Kier molecular flexibility index (Phi) is 10.0. The summed E-state index contributed by atoms with van der Waals surface area (Å²) in [6.45, 7) is -2.56. The number of aromatic nitrogens is 1. The first-order valence-corrected chi connectivity index (χ1v) is 16.5. The zero-order chi connectivity index (χ0) is 31.4. The van der Waals surface area contributed by atoms with Gasteiger partial charge < -0.3 is 18.9 Å². The summed E-state index contributed by atoms with van der Waals surface area (Å²) in [4.78, 5) is 17.3. The van der Waals surface area contributed by atoms with Gasteiger partial charge in [-0.1, -0.05) is 29.3 Å². The number of esters is 1. The molecule has 2 aliphatic carbocycles. The Morgan fingerprint density at radius 1 is 0.955 bits per heavy atom. The number of pyridine rings is 1. The number of carbonyl (C=O) groups is 1. The molecule has 0 spiro atoms. The molecule has 2 saturated carbocycles. The number of hydrogen-bond donors (Lipinski definition) is 1. The minimum atomic E-state index is -3.68. The molecule has 0 bridgehead atoms. The molecule has 2 aromatic carbocycles. The Bertz CT molecular complexity index is 1600. The number of benzene rings is 2. The van der Waals surface area contributed by atoms with Gasteiger partial charge in [0.15, 0.2) is 11.5 Å². The van der Waals surface area contributed by atoms with Gasteiger partial charge in [-0.3, -0.25) is 9.71 Å². The van der Waals surface area contributed by atoms with Crippen LogP contribution in [0.25, 0.3) is 0 Å². The van der Waals surface area contributed by atoms with Crippen LogP contribution in [0.2, 0.25) is 10.0 Å². The molecule has 2 fully saturated rings. The van der Waals surface area contributed by atoms with Crippen LogP contribution < -0.4 is 18.9 Å². The number of carbonyl (C=O) groups excluding carboxylic acids is 1.